The van der Waals surface area contributed by atoms with E-state index in [1.54, 1.807) is 0 Å². The smallest absolute Gasteiger partial charge is 0.0730 e. The highest BCUT2D eigenvalue weighted by Gasteiger charge is 2.41. The van der Waals surface area contributed by atoms with Gasteiger partial charge in [-0.1, -0.05) is 18.2 Å². The number of hydrogen-bond donors (Lipinski definition) is 0. The summed E-state index contributed by atoms with van der Waals surface area (Å²) in [5.41, 5.74) is 1.21. The van der Waals surface area contributed by atoms with E-state index in [9.17, 15) is 0 Å². The van der Waals surface area contributed by atoms with Crippen molar-refractivity contribution in [3.63, 3.8) is 0 Å². The van der Waals surface area contributed by atoms with Crippen LogP contribution >= 0.6 is 23.5 Å². The van der Waals surface area contributed by atoms with E-state index in [1.165, 1.54) is 41.4 Å². The Morgan fingerprint density at radius 2 is 1.64 bits per heavy atom. The standard InChI is InChI=1S/C18H20N2S2/c1-2-7-17-16(6-1)21-18(22-17)9-13-20(14-10-18)12-8-15-5-3-4-11-19-15/h1-7,11H,8-10,12-14H2. The Bertz CT molecular complexity index is 610. The Hall–Kier alpha value is -0.970. The Morgan fingerprint density at radius 3 is 2.27 bits per heavy atom. The average molecular weight is 329 g/mol. The highest BCUT2D eigenvalue weighted by molar-refractivity contribution is 8.20. The molecule has 4 rings (SSSR count). The van der Waals surface area contributed by atoms with E-state index in [2.05, 4.69) is 69.8 Å². The third-order valence-corrected chi connectivity index (χ3v) is 7.81. The second-order valence-electron chi connectivity index (χ2n) is 5.97. The van der Waals surface area contributed by atoms with E-state index in [1.807, 2.05) is 12.3 Å². The SMILES string of the molecule is c1ccc(CCN2CCC3(CC2)Sc2ccccc2S3)nc1. The van der Waals surface area contributed by atoms with Crippen LogP contribution in [0.5, 0.6) is 0 Å². The lowest BCUT2D eigenvalue weighted by Gasteiger charge is -2.37. The van der Waals surface area contributed by atoms with Crippen LogP contribution in [0.15, 0.2) is 58.5 Å². The van der Waals surface area contributed by atoms with E-state index in [4.69, 9.17) is 0 Å². The van der Waals surface area contributed by atoms with Crippen LogP contribution in [0.2, 0.25) is 0 Å². The molecule has 1 fully saturated rings. The van der Waals surface area contributed by atoms with Gasteiger partial charge in [-0.25, -0.2) is 0 Å². The van der Waals surface area contributed by atoms with Gasteiger partial charge in [-0.15, -0.1) is 23.5 Å². The van der Waals surface area contributed by atoms with Crippen LogP contribution in [-0.2, 0) is 6.42 Å². The Labute approximate surface area is 140 Å². The zero-order valence-corrected chi connectivity index (χ0v) is 14.2. The molecule has 0 bridgehead atoms. The largest absolute Gasteiger partial charge is 0.303 e. The van der Waals surface area contributed by atoms with E-state index >= 15 is 0 Å². The molecule has 0 radical (unpaired) electrons. The molecule has 0 saturated carbocycles. The van der Waals surface area contributed by atoms with Crippen molar-refractivity contribution in [2.24, 2.45) is 0 Å². The fourth-order valence-corrected chi connectivity index (χ4v) is 6.34. The van der Waals surface area contributed by atoms with E-state index in [-0.39, 0.29) is 0 Å². The van der Waals surface area contributed by atoms with Crippen molar-refractivity contribution in [3.05, 3.63) is 54.4 Å². The number of pyridine rings is 1. The molecule has 1 saturated heterocycles. The molecule has 4 heteroatoms. The maximum atomic E-state index is 4.43. The summed E-state index contributed by atoms with van der Waals surface area (Å²) in [6.07, 6.45) is 5.51. The molecule has 0 unspecified atom stereocenters. The molecule has 2 aliphatic rings. The third-order valence-electron chi connectivity index (χ3n) is 4.47. The summed E-state index contributed by atoms with van der Waals surface area (Å²) >= 11 is 4.20. The molecule has 22 heavy (non-hydrogen) atoms. The molecule has 2 nitrogen and oxygen atoms in total. The maximum Gasteiger partial charge on any atom is 0.0730 e. The van der Waals surface area contributed by atoms with Crippen molar-refractivity contribution < 1.29 is 0 Å². The lowest BCUT2D eigenvalue weighted by Crippen LogP contribution is -2.40. The normalized spacial score (nSPS) is 20.2. The molecule has 2 aliphatic heterocycles. The first kappa shape index (κ1) is 14.6. The zero-order chi connectivity index (χ0) is 14.8. The fourth-order valence-electron chi connectivity index (χ4n) is 3.18. The molecule has 114 valence electrons. The van der Waals surface area contributed by atoms with E-state index in [0.29, 0.717) is 4.08 Å². The quantitative estimate of drug-likeness (QED) is 0.834. The van der Waals surface area contributed by atoms with Crippen molar-refractivity contribution in [2.75, 3.05) is 19.6 Å². The van der Waals surface area contributed by atoms with Crippen LogP contribution in [0.1, 0.15) is 18.5 Å². The van der Waals surface area contributed by atoms with Crippen LogP contribution in [0, 0.1) is 0 Å². The summed E-state index contributed by atoms with van der Waals surface area (Å²) < 4.78 is 0.394. The Balaban J connectivity index is 1.32. The molecule has 3 heterocycles. The molecule has 1 aromatic carbocycles. The van der Waals surface area contributed by atoms with Crippen LogP contribution in [0.4, 0.5) is 0 Å². The van der Waals surface area contributed by atoms with Gasteiger partial charge >= 0.3 is 0 Å². The summed E-state index contributed by atoms with van der Waals surface area (Å²) in [5, 5.41) is 0. The first-order chi connectivity index (χ1) is 10.8. The Morgan fingerprint density at radius 1 is 0.955 bits per heavy atom. The van der Waals surface area contributed by atoms with Crippen molar-refractivity contribution in [1.82, 2.24) is 9.88 Å². The summed E-state index contributed by atoms with van der Waals surface area (Å²) in [7, 11) is 0. The highest BCUT2D eigenvalue weighted by Crippen LogP contribution is 2.59. The summed E-state index contributed by atoms with van der Waals surface area (Å²) in [6.45, 7) is 3.55. The number of likely N-dealkylation sites (tertiary alicyclic amines) is 1. The minimum absolute atomic E-state index is 0.394. The predicted molar refractivity (Wildman–Crippen MR) is 94.5 cm³/mol. The zero-order valence-electron chi connectivity index (χ0n) is 12.6. The van der Waals surface area contributed by atoms with Crippen LogP contribution < -0.4 is 0 Å². The van der Waals surface area contributed by atoms with Crippen LogP contribution in [0.3, 0.4) is 0 Å². The monoisotopic (exact) mass is 328 g/mol. The first-order valence-electron chi connectivity index (χ1n) is 7.92. The van der Waals surface area contributed by atoms with Crippen molar-refractivity contribution in [3.8, 4) is 0 Å². The second kappa shape index (κ2) is 6.26. The minimum atomic E-state index is 0.394. The second-order valence-corrected chi connectivity index (χ2v) is 9.08. The molecule has 1 spiro atoms. The topological polar surface area (TPSA) is 16.1 Å². The number of benzene rings is 1. The van der Waals surface area contributed by atoms with Crippen molar-refractivity contribution >= 4 is 23.5 Å². The van der Waals surface area contributed by atoms with Gasteiger partial charge in [0.2, 0.25) is 0 Å². The van der Waals surface area contributed by atoms with Crippen LogP contribution in [0.25, 0.3) is 0 Å². The van der Waals surface area contributed by atoms with Gasteiger partial charge in [-0.05, 0) is 37.1 Å². The summed E-state index contributed by atoms with van der Waals surface area (Å²) in [6, 6.07) is 15.1. The van der Waals surface area contributed by atoms with Crippen molar-refractivity contribution in [2.45, 2.75) is 33.1 Å². The number of fused-ring (bicyclic) bond motifs is 1. The lowest BCUT2D eigenvalue weighted by atomic mass is 10.1. The third kappa shape index (κ3) is 3.05. The number of thioether (sulfide) groups is 2. The lowest BCUT2D eigenvalue weighted by molar-refractivity contribution is 0.228. The van der Waals surface area contributed by atoms with Gasteiger partial charge in [0, 0.05) is 47.7 Å². The average Bonchev–Trinajstić information content (AvgIpc) is 2.93. The number of hydrogen-bond acceptors (Lipinski definition) is 4. The van der Waals surface area contributed by atoms with Crippen molar-refractivity contribution in [1.29, 1.82) is 0 Å². The summed E-state index contributed by atoms with van der Waals surface area (Å²) in [5.74, 6) is 0. The highest BCUT2D eigenvalue weighted by atomic mass is 32.2. The fraction of sp³-hybridized carbons (Fsp3) is 0.389. The maximum absolute atomic E-state index is 4.43. The molecule has 1 aromatic heterocycles. The molecule has 0 N–H and O–H groups in total. The van der Waals surface area contributed by atoms with E-state index in [0.717, 1.165) is 13.0 Å². The van der Waals surface area contributed by atoms with Gasteiger partial charge in [0.1, 0.15) is 0 Å². The van der Waals surface area contributed by atoms with Gasteiger partial charge < -0.3 is 4.90 Å². The van der Waals surface area contributed by atoms with E-state index < -0.39 is 0 Å². The minimum Gasteiger partial charge on any atom is -0.303 e. The number of nitrogens with zero attached hydrogens (tertiary/aromatic N) is 2. The van der Waals surface area contributed by atoms with Gasteiger partial charge in [0.25, 0.3) is 0 Å². The molecule has 0 aliphatic carbocycles. The number of piperidine rings is 1. The molecule has 2 aromatic rings. The van der Waals surface area contributed by atoms with Gasteiger partial charge in [-0.2, -0.15) is 0 Å². The molecular weight excluding hydrogens is 308 g/mol. The van der Waals surface area contributed by atoms with Gasteiger partial charge in [-0.3, -0.25) is 4.98 Å². The van der Waals surface area contributed by atoms with Gasteiger partial charge in [0.15, 0.2) is 0 Å². The number of rotatable bonds is 3. The summed E-state index contributed by atoms with van der Waals surface area (Å²) in [4.78, 5) is 9.99. The van der Waals surface area contributed by atoms with Crippen LogP contribution in [-0.4, -0.2) is 33.6 Å². The molecule has 0 amide bonds. The molecule has 0 atom stereocenters. The molecular formula is C18H20N2S2. The first-order valence-corrected chi connectivity index (χ1v) is 9.56. The number of aromatic nitrogens is 1. The van der Waals surface area contributed by atoms with Gasteiger partial charge in [0.05, 0.1) is 4.08 Å². The predicted octanol–water partition coefficient (Wildman–Crippen LogP) is 4.31. The Kier molecular flexibility index (Phi) is 4.16.